The molecule has 1 amide bonds. The zero-order valence-corrected chi connectivity index (χ0v) is 24.5. The number of carbonyl (C=O) groups is 2. The van der Waals surface area contributed by atoms with Crippen molar-refractivity contribution in [1.29, 1.82) is 0 Å². The second-order valence-electron chi connectivity index (χ2n) is 10.5. The molecule has 1 aromatic heterocycles. The number of anilines is 1. The van der Waals surface area contributed by atoms with Gasteiger partial charge in [-0.3, -0.25) is 14.2 Å². The minimum Gasteiger partial charge on any atom is -0.463 e. The van der Waals surface area contributed by atoms with E-state index in [-0.39, 0.29) is 35.5 Å². The highest BCUT2D eigenvalue weighted by Gasteiger charge is 2.39. The van der Waals surface area contributed by atoms with E-state index in [9.17, 15) is 14.4 Å². The first kappa shape index (κ1) is 26.9. The molecule has 0 saturated heterocycles. The number of hydrogen-bond acceptors (Lipinski definition) is 8. The van der Waals surface area contributed by atoms with Crippen LogP contribution in [0.3, 0.4) is 0 Å². The van der Waals surface area contributed by atoms with Crippen molar-refractivity contribution in [1.82, 2.24) is 4.57 Å². The number of esters is 1. The first-order valence-electron chi connectivity index (χ1n) is 14.0. The smallest absolute Gasteiger partial charge is 0.338 e. The molecule has 0 saturated carbocycles. The molecule has 7 rings (SSSR count). The fourth-order valence-electron chi connectivity index (χ4n) is 5.86. The molecule has 1 atom stereocenters. The summed E-state index contributed by atoms with van der Waals surface area (Å²) in [5.41, 5.74) is 3.32. The molecule has 9 nitrogen and oxygen atoms in total. The SMILES string of the molecule is CCOC(=O)C1=C(c2ccccc2)N=c2s/c(=C3/C(=O)N(C(C)C)c4ccccc43)c(=O)n2[C@@H]1c1ccc2c(c1)OCO2. The highest BCUT2D eigenvalue weighted by atomic mass is 32.1. The molecule has 43 heavy (non-hydrogen) atoms. The van der Waals surface area contributed by atoms with Gasteiger partial charge >= 0.3 is 5.97 Å². The van der Waals surface area contributed by atoms with Crippen molar-refractivity contribution in [3.63, 3.8) is 0 Å². The Bertz CT molecular complexity index is 2030. The second-order valence-corrected chi connectivity index (χ2v) is 11.5. The van der Waals surface area contributed by atoms with Crippen LogP contribution in [0.25, 0.3) is 11.3 Å². The topological polar surface area (TPSA) is 99.4 Å². The molecule has 0 N–H and O–H groups in total. The first-order chi connectivity index (χ1) is 20.9. The predicted octanol–water partition coefficient (Wildman–Crippen LogP) is 3.79. The maximum atomic E-state index is 14.5. The van der Waals surface area contributed by atoms with E-state index >= 15 is 0 Å². The molecule has 3 aromatic carbocycles. The predicted molar refractivity (Wildman–Crippen MR) is 162 cm³/mol. The van der Waals surface area contributed by atoms with E-state index in [1.807, 2.05) is 74.5 Å². The molecule has 4 heterocycles. The molecule has 0 fully saturated rings. The number of rotatable bonds is 5. The van der Waals surface area contributed by atoms with Gasteiger partial charge in [-0.05, 0) is 44.5 Å². The van der Waals surface area contributed by atoms with Gasteiger partial charge in [0, 0.05) is 17.2 Å². The van der Waals surface area contributed by atoms with Crippen molar-refractivity contribution >= 4 is 40.2 Å². The second kappa shape index (κ2) is 10.4. The van der Waals surface area contributed by atoms with Crippen LogP contribution in [0.2, 0.25) is 0 Å². The first-order valence-corrected chi connectivity index (χ1v) is 14.8. The molecule has 3 aliphatic rings. The molecule has 0 aliphatic carbocycles. The number of aromatic nitrogens is 1. The Labute approximate surface area is 250 Å². The number of para-hydroxylation sites is 1. The van der Waals surface area contributed by atoms with Crippen LogP contribution in [0, 0.1) is 0 Å². The number of ether oxygens (including phenoxy) is 3. The zero-order chi connectivity index (χ0) is 29.8. The van der Waals surface area contributed by atoms with Gasteiger partial charge in [0.25, 0.3) is 11.5 Å². The van der Waals surface area contributed by atoms with Crippen LogP contribution in [0.15, 0.2) is 88.2 Å². The van der Waals surface area contributed by atoms with E-state index in [1.54, 1.807) is 24.0 Å². The summed E-state index contributed by atoms with van der Waals surface area (Å²) in [5.74, 6) is 0.259. The van der Waals surface area contributed by atoms with E-state index in [4.69, 9.17) is 19.2 Å². The number of fused-ring (bicyclic) bond motifs is 3. The monoisotopic (exact) mass is 593 g/mol. The van der Waals surface area contributed by atoms with Gasteiger partial charge in [-0.1, -0.05) is 65.9 Å². The Hall–Kier alpha value is -4.96. The summed E-state index contributed by atoms with van der Waals surface area (Å²) in [4.78, 5) is 49.1. The summed E-state index contributed by atoms with van der Waals surface area (Å²) in [7, 11) is 0. The lowest BCUT2D eigenvalue weighted by molar-refractivity contribution is -0.138. The molecule has 4 aromatic rings. The van der Waals surface area contributed by atoms with E-state index in [0.717, 1.165) is 17.0 Å². The fourth-order valence-corrected chi connectivity index (χ4v) is 6.95. The van der Waals surface area contributed by atoms with E-state index in [0.29, 0.717) is 44.3 Å². The number of benzene rings is 3. The lowest BCUT2D eigenvalue weighted by Crippen LogP contribution is -2.41. The van der Waals surface area contributed by atoms with Crippen molar-refractivity contribution in [2.75, 3.05) is 18.3 Å². The lowest BCUT2D eigenvalue weighted by Gasteiger charge is -2.26. The van der Waals surface area contributed by atoms with Crippen LogP contribution >= 0.6 is 11.3 Å². The van der Waals surface area contributed by atoms with Crippen molar-refractivity contribution in [2.24, 2.45) is 4.99 Å². The molecular weight excluding hydrogens is 566 g/mol. The highest BCUT2D eigenvalue weighted by molar-refractivity contribution is 7.07. The lowest BCUT2D eigenvalue weighted by atomic mass is 9.93. The molecule has 0 unspecified atom stereocenters. The van der Waals surface area contributed by atoms with E-state index in [2.05, 4.69) is 0 Å². The molecule has 0 bridgehead atoms. The van der Waals surface area contributed by atoms with Gasteiger partial charge in [0.2, 0.25) is 6.79 Å². The molecule has 216 valence electrons. The number of nitrogens with zero attached hydrogens (tertiary/aromatic N) is 3. The summed E-state index contributed by atoms with van der Waals surface area (Å²) in [6.45, 7) is 5.84. The van der Waals surface area contributed by atoms with Crippen molar-refractivity contribution in [2.45, 2.75) is 32.9 Å². The van der Waals surface area contributed by atoms with Gasteiger partial charge in [-0.15, -0.1) is 0 Å². The minimum atomic E-state index is -0.901. The maximum Gasteiger partial charge on any atom is 0.338 e. The Morgan fingerprint density at radius 3 is 2.53 bits per heavy atom. The number of thiazole rings is 1. The van der Waals surface area contributed by atoms with Crippen molar-refractivity contribution < 1.29 is 23.8 Å². The Kier molecular flexibility index (Phi) is 6.50. The molecule has 0 radical (unpaired) electrons. The number of carbonyl (C=O) groups excluding carboxylic acids is 2. The Morgan fingerprint density at radius 1 is 1.02 bits per heavy atom. The van der Waals surface area contributed by atoms with Crippen molar-refractivity contribution in [3.8, 4) is 11.5 Å². The van der Waals surface area contributed by atoms with Crippen LogP contribution in [-0.4, -0.2) is 35.9 Å². The van der Waals surface area contributed by atoms with Gasteiger partial charge < -0.3 is 19.1 Å². The third-order valence-corrected chi connectivity index (χ3v) is 8.72. The van der Waals surface area contributed by atoms with Crippen LogP contribution in [0.1, 0.15) is 43.5 Å². The van der Waals surface area contributed by atoms with Crippen molar-refractivity contribution in [3.05, 3.63) is 115 Å². The largest absolute Gasteiger partial charge is 0.463 e. The van der Waals surface area contributed by atoms with Crippen LogP contribution in [-0.2, 0) is 14.3 Å². The maximum absolute atomic E-state index is 14.5. The van der Waals surface area contributed by atoms with Gasteiger partial charge in [0.15, 0.2) is 16.3 Å². The highest BCUT2D eigenvalue weighted by Crippen LogP contribution is 2.40. The fraction of sp³-hybridized carbons (Fsp3) is 0.212. The average Bonchev–Trinajstić information content (AvgIpc) is 3.69. The van der Waals surface area contributed by atoms with E-state index in [1.165, 1.54) is 4.57 Å². The van der Waals surface area contributed by atoms with Crippen LogP contribution < -0.4 is 29.3 Å². The summed E-state index contributed by atoms with van der Waals surface area (Å²) in [6.07, 6.45) is 0. The normalized spacial score (nSPS) is 18.1. The zero-order valence-electron chi connectivity index (χ0n) is 23.7. The quantitative estimate of drug-likeness (QED) is 0.327. The number of amides is 1. The van der Waals surface area contributed by atoms with Gasteiger partial charge in [0.05, 0.1) is 35.2 Å². The number of hydrogen-bond donors (Lipinski definition) is 0. The van der Waals surface area contributed by atoms with Crippen LogP contribution in [0.4, 0.5) is 5.69 Å². The Morgan fingerprint density at radius 2 is 1.77 bits per heavy atom. The third-order valence-electron chi connectivity index (χ3n) is 7.67. The Balaban J connectivity index is 1.57. The van der Waals surface area contributed by atoms with Gasteiger partial charge in [-0.2, -0.15) is 0 Å². The van der Waals surface area contributed by atoms with Crippen LogP contribution in [0.5, 0.6) is 11.5 Å². The standard InChI is InChI=1S/C33H27N3O6S/c1-4-40-32(39)26-27(19-10-6-5-7-11-19)34-33-36(28(26)20-14-15-23-24(16-20)42-17-41-23)31(38)29(43-33)25-21-12-8-9-13-22(21)35(18(2)3)30(25)37/h5-16,18,28H,4,17H2,1-3H3/b29-25+/t28-/m1/s1. The summed E-state index contributed by atoms with van der Waals surface area (Å²) in [6, 6.07) is 21.1. The molecule has 10 heteroatoms. The molecular formula is C33H27N3O6S. The van der Waals surface area contributed by atoms with Gasteiger partial charge in [-0.25, -0.2) is 9.79 Å². The molecule has 3 aliphatic heterocycles. The third kappa shape index (κ3) is 4.20. The summed E-state index contributed by atoms with van der Waals surface area (Å²) in [5, 5.41) is 0. The molecule has 0 spiro atoms. The van der Waals surface area contributed by atoms with Gasteiger partial charge in [0.1, 0.15) is 4.53 Å². The summed E-state index contributed by atoms with van der Waals surface area (Å²) < 4.78 is 18.5. The summed E-state index contributed by atoms with van der Waals surface area (Å²) >= 11 is 1.15. The minimum absolute atomic E-state index is 0.0780. The average molecular weight is 594 g/mol. The van der Waals surface area contributed by atoms with E-state index < -0.39 is 17.6 Å².